The first-order chi connectivity index (χ1) is 31.1. The Morgan fingerprint density at radius 2 is 0.875 bits per heavy atom. The number of unbranched alkanes of at least 4 members (excludes halogenated alkanes) is 14. The molecule has 0 aromatic carbocycles. The van der Waals surface area contributed by atoms with Crippen LogP contribution in [0.25, 0.3) is 0 Å². The molecule has 2 unspecified atom stereocenters. The van der Waals surface area contributed by atoms with Crippen molar-refractivity contribution in [2.45, 2.75) is 199 Å². The van der Waals surface area contributed by atoms with E-state index in [4.69, 9.17) is 14.2 Å². The van der Waals surface area contributed by atoms with Crippen LogP contribution in [0.1, 0.15) is 187 Å². The summed E-state index contributed by atoms with van der Waals surface area (Å²) in [5.41, 5.74) is 0. The number of carbonyl (C=O) groups excluding carboxylic acids is 2. The van der Waals surface area contributed by atoms with Crippen molar-refractivity contribution in [3.05, 3.63) is 97.2 Å². The topological polar surface area (TPSA) is 99.1 Å². The zero-order valence-electron chi connectivity index (χ0n) is 41.4. The van der Waals surface area contributed by atoms with Crippen LogP contribution in [0.3, 0.4) is 0 Å². The third kappa shape index (κ3) is 43.5. The van der Waals surface area contributed by atoms with E-state index < -0.39 is 18.1 Å². The van der Waals surface area contributed by atoms with Crippen LogP contribution in [-0.2, 0) is 28.6 Å². The summed E-state index contributed by atoms with van der Waals surface area (Å²) < 4.78 is 17.3. The molecular weight excluding hydrogens is 799 g/mol. The number of esters is 2. The molecule has 0 rings (SSSR count). The number of aliphatic carboxylic acids is 1. The monoisotopic (exact) mass is 893 g/mol. The number of likely N-dealkylation sites (N-methyl/N-ethyl adjacent to an activating group) is 1. The molecule has 0 spiro atoms. The van der Waals surface area contributed by atoms with Gasteiger partial charge in [0.05, 0.1) is 34.4 Å². The van der Waals surface area contributed by atoms with E-state index >= 15 is 0 Å². The Labute approximate surface area is 392 Å². The van der Waals surface area contributed by atoms with Crippen molar-refractivity contribution < 1.29 is 38.2 Å². The van der Waals surface area contributed by atoms with Gasteiger partial charge >= 0.3 is 17.9 Å². The first-order valence-corrected chi connectivity index (χ1v) is 25.3. The number of hydrogen-bond donors (Lipinski definition) is 1. The third-order valence-electron chi connectivity index (χ3n) is 10.7. The first-order valence-electron chi connectivity index (χ1n) is 25.3. The summed E-state index contributed by atoms with van der Waals surface area (Å²) in [5.74, 6) is -1.52. The lowest BCUT2D eigenvalue weighted by molar-refractivity contribution is -0.887. The van der Waals surface area contributed by atoms with Crippen LogP contribution in [-0.4, -0.2) is 80.6 Å². The number of quaternary nitrogens is 1. The molecule has 0 aromatic rings. The van der Waals surface area contributed by atoms with Gasteiger partial charge in [-0.2, -0.15) is 0 Å². The van der Waals surface area contributed by atoms with E-state index in [1.54, 1.807) is 0 Å². The summed E-state index contributed by atoms with van der Waals surface area (Å²) >= 11 is 0. The molecule has 64 heavy (non-hydrogen) atoms. The summed E-state index contributed by atoms with van der Waals surface area (Å²) in [5, 5.41) is 9.65. The van der Waals surface area contributed by atoms with E-state index in [0.717, 1.165) is 116 Å². The van der Waals surface area contributed by atoms with Gasteiger partial charge in [-0.1, -0.05) is 169 Å². The SMILES string of the molecule is CC/C=C/C/C=C/C/C=C/C/C=C/CCCCCCCCC(=O)OC(COCCC(C(=O)O)[N+](C)(C)C)COC(=O)CCCCCCC/C=C/C/C=C/C/C=C/C/C=C/CCCCC. The molecule has 2 atom stereocenters. The highest BCUT2D eigenvalue weighted by Crippen LogP contribution is 2.13. The standard InChI is InChI=1S/C56H93NO7/c1-6-8-10-12-14-16-18-20-22-24-26-27-29-30-32-34-36-38-40-42-44-46-54(58)63-51-52(50-62-49-48-53(56(60)61)57(3,4)5)64-55(59)47-45-43-41-39-37-35-33-31-28-25-23-21-19-17-15-13-11-9-7-2/h9,11,14-17,20-23,26-28,30-32,52-53H,6-8,10,12-13,18-19,24-25,29,33-51H2,1-5H3/p+1/b11-9+,16-14+,17-15+,22-20+,23-21+,27-26+,31-28+,32-30+. The van der Waals surface area contributed by atoms with Crippen LogP contribution in [0.15, 0.2) is 97.2 Å². The van der Waals surface area contributed by atoms with Crippen molar-refractivity contribution in [3.8, 4) is 0 Å². The lowest BCUT2D eigenvalue weighted by Crippen LogP contribution is -2.50. The summed E-state index contributed by atoms with van der Waals surface area (Å²) in [4.78, 5) is 37.2. The van der Waals surface area contributed by atoms with E-state index in [1.165, 1.54) is 38.5 Å². The van der Waals surface area contributed by atoms with Gasteiger partial charge in [0.2, 0.25) is 0 Å². The van der Waals surface area contributed by atoms with Crippen LogP contribution in [0.5, 0.6) is 0 Å². The van der Waals surface area contributed by atoms with Gasteiger partial charge in [0.25, 0.3) is 0 Å². The highest BCUT2D eigenvalue weighted by Gasteiger charge is 2.31. The molecule has 0 bridgehead atoms. The summed E-state index contributed by atoms with van der Waals surface area (Å²) in [7, 11) is 5.51. The Kier molecular flexibility index (Phi) is 43.1. The first kappa shape index (κ1) is 60.2. The zero-order valence-corrected chi connectivity index (χ0v) is 41.4. The van der Waals surface area contributed by atoms with Crippen molar-refractivity contribution in [1.29, 1.82) is 0 Å². The Balaban J connectivity index is 4.35. The van der Waals surface area contributed by atoms with Crippen LogP contribution < -0.4 is 0 Å². The lowest BCUT2D eigenvalue weighted by atomic mass is 10.1. The van der Waals surface area contributed by atoms with Crippen molar-refractivity contribution in [2.75, 3.05) is 41.0 Å². The molecule has 1 N–H and O–H groups in total. The molecule has 0 heterocycles. The number of carboxylic acids is 1. The average Bonchev–Trinajstić information content (AvgIpc) is 3.26. The molecule has 8 heteroatoms. The van der Waals surface area contributed by atoms with Gasteiger partial charge in [-0.3, -0.25) is 9.59 Å². The van der Waals surface area contributed by atoms with Gasteiger partial charge in [0.15, 0.2) is 12.1 Å². The predicted molar refractivity (Wildman–Crippen MR) is 270 cm³/mol. The van der Waals surface area contributed by atoms with Crippen molar-refractivity contribution in [2.24, 2.45) is 0 Å². The van der Waals surface area contributed by atoms with E-state index in [9.17, 15) is 19.5 Å². The second kappa shape index (κ2) is 45.8. The average molecular weight is 893 g/mol. The summed E-state index contributed by atoms with van der Waals surface area (Å²) in [6.07, 6.45) is 61.6. The number of carbonyl (C=O) groups is 3. The second-order valence-corrected chi connectivity index (χ2v) is 17.7. The molecule has 8 nitrogen and oxygen atoms in total. The third-order valence-corrected chi connectivity index (χ3v) is 10.7. The Bertz CT molecular complexity index is 1360. The second-order valence-electron chi connectivity index (χ2n) is 17.7. The Morgan fingerprint density at radius 1 is 0.484 bits per heavy atom. The van der Waals surface area contributed by atoms with Crippen LogP contribution in [0.4, 0.5) is 0 Å². The number of allylic oxidation sites excluding steroid dienone is 16. The minimum absolute atomic E-state index is 0.0429. The number of nitrogens with zero attached hydrogens (tertiary/aromatic N) is 1. The fourth-order valence-corrected chi connectivity index (χ4v) is 6.83. The van der Waals surface area contributed by atoms with Gasteiger partial charge in [0, 0.05) is 19.3 Å². The maximum atomic E-state index is 12.8. The molecule has 0 aliphatic heterocycles. The number of rotatable bonds is 44. The van der Waals surface area contributed by atoms with Crippen LogP contribution >= 0.6 is 0 Å². The number of ether oxygens (including phenoxy) is 3. The highest BCUT2D eigenvalue weighted by molar-refractivity contribution is 5.72. The fraction of sp³-hybridized carbons (Fsp3) is 0.661. The number of hydrogen-bond acceptors (Lipinski definition) is 6. The predicted octanol–water partition coefficient (Wildman–Crippen LogP) is 14.6. The fourth-order valence-electron chi connectivity index (χ4n) is 6.83. The van der Waals surface area contributed by atoms with Crippen molar-refractivity contribution in [3.63, 3.8) is 0 Å². The molecule has 364 valence electrons. The molecule has 0 saturated heterocycles. The van der Waals surface area contributed by atoms with Gasteiger partial charge in [-0.15, -0.1) is 0 Å². The molecule has 0 radical (unpaired) electrons. The normalized spacial score (nSPS) is 13.7. The maximum Gasteiger partial charge on any atom is 0.362 e. The zero-order chi connectivity index (χ0) is 47.0. The van der Waals surface area contributed by atoms with Crippen LogP contribution in [0.2, 0.25) is 0 Å². The van der Waals surface area contributed by atoms with E-state index in [2.05, 4.69) is 111 Å². The van der Waals surface area contributed by atoms with E-state index in [1.807, 2.05) is 21.1 Å². The molecule has 0 saturated carbocycles. The molecule has 0 aliphatic carbocycles. The molecule has 0 aliphatic rings. The maximum absolute atomic E-state index is 12.8. The van der Waals surface area contributed by atoms with E-state index in [-0.39, 0.29) is 36.2 Å². The molecule has 0 aromatic heterocycles. The van der Waals surface area contributed by atoms with Gasteiger partial charge in [0.1, 0.15) is 6.61 Å². The lowest BCUT2D eigenvalue weighted by Gasteiger charge is -2.31. The van der Waals surface area contributed by atoms with Gasteiger partial charge < -0.3 is 23.8 Å². The smallest absolute Gasteiger partial charge is 0.362 e. The summed E-state index contributed by atoms with van der Waals surface area (Å²) in [6, 6.07) is -0.627. The molecule has 0 amide bonds. The minimum atomic E-state index is -0.884. The van der Waals surface area contributed by atoms with Crippen molar-refractivity contribution in [1.82, 2.24) is 0 Å². The highest BCUT2D eigenvalue weighted by atomic mass is 16.6. The largest absolute Gasteiger partial charge is 0.477 e. The summed E-state index contributed by atoms with van der Waals surface area (Å²) in [6.45, 7) is 4.55. The molecular formula is C56H94NO7+. The Morgan fingerprint density at radius 3 is 1.30 bits per heavy atom. The Hall–Kier alpha value is -3.75. The van der Waals surface area contributed by atoms with Gasteiger partial charge in [-0.05, 0) is 96.3 Å². The quantitative estimate of drug-likeness (QED) is 0.0281. The number of carboxylic acid groups (broad SMARTS) is 1. The van der Waals surface area contributed by atoms with Crippen LogP contribution in [0, 0.1) is 0 Å². The van der Waals surface area contributed by atoms with Crippen molar-refractivity contribution >= 4 is 17.9 Å². The molecule has 0 fully saturated rings. The van der Waals surface area contributed by atoms with Gasteiger partial charge in [-0.25, -0.2) is 4.79 Å². The minimum Gasteiger partial charge on any atom is -0.477 e. The van der Waals surface area contributed by atoms with E-state index in [0.29, 0.717) is 19.3 Å².